The fourth-order valence-corrected chi connectivity index (χ4v) is 2.60. The number of carbonyl (C=O) groups is 1. The highest BCUT2D eigenvalue weighted by atomic mass is 32.1. The van der Waals surface area contributed by atoms with E-state index in [1.807, 2.05) is 30.3 Å². The van der Waals surface area contributed by atoms with Gasteiger partial charge < -0.3 is 15.4 Å². The molecule has 2 N–H and O–H groups in total. The van der Waals surface area contributed by atoms with Gasteiger partial charge in [0.15, 0.2) is 0 Å². The van der Waals surface area contributed by atoms with Crippen molar-refractivity contribution in [2.75, 3.05) is 25.6 Å². The summed E-state index contributed by atoms with van der Waals surface area (Å²) in [6.45, 7) is 0.312. The van der Waals surface area contributed by atoms with Gasteiger partial charge in [-0.05, 0) is 36.4 Å². The van der Waals surface area contributed by atoms with Crippen LogP contribution in [0.1, 0.15) is 14.5 Å². The number of methoxy groups -OCH3 is 1. The molecule has 0 radical (unpaired) electrons. The number of benzene rings is 1. The largest absolute Gasteiger partial charge is 0.497 e. The van der Waals surface area contributed by atoms with Crippen LogP contribution in [-0.4, -0.2) is 26.6 Å². The van der Waals surface area contributed by atoms with E-state index in [0.29, 0.717) is 11.4 Å². The summed E-state index contributed by atoms with van der Waals surface area (Å²) in [5, 5.41) is 0. The standard InChI is InChI=1S/C16H16N2O2S/c1-18(12-5-7-13(20-2)8-6-12)16(19)15-10-9-14(21-15)4-3-11-17/h5-10H,11,17H2,1-2H3. The van der Waals surface area contributed by atoms with Gasteiger partial charge in [0, 0.05) is 12.7 Å². The highest BCUT2D eigenvalue weighted by Gasteiger charge is 2.15. The molecule has 0 fully saturated rings. The number of nitrogens with two attached hydrogens (primary N) is 1. The first-order valence-corrected chi connectivity index (χ1v) is 7.18. The lowest BCUT2D eigenvalue weighted by atomic mass is 10.2. The van der Waals surface area contributed by atoms with Crippen molar-refractivity contribution in [3.8, 4) is 17.6 Å². The van der Waals surface area contributed by atoms with Crippen molar-refractivity contribution in [2.45, 2.75) is 0 Å². The minimum atomic E-state index is -0.0639. The summed E-state index contributed by atoms with van der Waals surface area (Å²) in [5.41, 5.74) is 6.15. The fraction of sp³-hybridized carbons (Fsp3) is 0.188. The van der Waals surface area contributed by atoms with Crippen LogP contribution in [-0.2, 0) is 0 Å². The first kappa shape index (κ1) is 15.1. The normalized spacial score (nSPS) is 9.67. The van der Waals surface area contributed by atoms with Crippen molar-refractivity contribution in [1.82, 2.24) is 0 Å². The molecule has 0 saturated heterocycles. The topological polar surface area (TPSA) is 55.6 Å². The van der Waals surface area contributed by atoms with Gasteiger partial charge in [-0.3, -0.25) is 4.79 Å². The maximum Gasteiger partial charge on any atom is 0.268 e. The van der Waals surface area contributed by atoms with Gasteiger partial charge in [0.05, 0.1) is 23.4 Å². The van der Waals surface area contributed by atoms with Crippen molar-refractivity contribution < 1.29 is 9.53 Å². The quantitative estimate of drug-likeness (QED) is 0.885. The van der Waals surface area contributed by atoms with E-state index in [4.69, 9.17) is 10.5 Å². The lowest BCUT2D eigenvalue weighted by molar-refractivity contribution is 0.0997. The first-order chi connectivity index (χ1) is 10.2. The Bertz CT molecular complexity index is 680. The van der Waals surface area contributed by atoms with E-state index in [2.05, 4.69) is 11.8 Å². The molecule has 0 bridgehead atoms. The number of thiophene rings is 1. The second-order valence-electron chi connectivity index (χ2n) is 4.23. The number of carbonyl (C=O) groups excluding carboxylic acids is 1. The number of rotatable bonds is 3. The summed E-state index contributed by atoms with van der Waals surface area (Å²) >= 11 is 1.37. The summed E-state index contributed by atoms with van der Waals surface area (Å²) in [6, 6.07) is 11.0. The van der Waals surface area contributed by atoms with Gasteiger partial charge in [-0.2, -0.15) is 0 Å². The molecule has 21 heavy (non-hydrogen) atoms. The number of anilines is 1. The highest BCUT2D eigenvalue weighted by molar-refractivity contribution is 7.14. The monoisotopic (exact) mass is 300 g/mol. The van der Waals surface area contributed by atoms with E-state index < -0.39 is 0 Å². The highest BCUT2D eigenvalue weighted by Crippen LogP contribution is 2.22. The maximum absolute atomic E-state index is 12.4. The van der Waals surface area contributed by atoms with Gasteiger partial charge in [-0.1, -0.05) is 11.8 Å². The van der Waals surface area contributed by atoms with Crippen molar-refractivity contribution >= 4 is 22.9 Å². The van der Waals surface area contributed by atoms with Crippen LogP contribution in [0.3, 0.4) is 0 Å². The molecule has 1 aromatic carbocycles. The lowest BCUT2D eigenvalue weighted by Gasteiger charge is -2.16. The number of ether oxygens (including phenoxy) is 1. The summed E-state index contributed by atoms with van der Waals surface area (Å²) < 4.78 is 5.11. The van der Waals surface area contributed by atoms with Crippen LogP contribution in [0.4, 0.5) is 5.69 Å². The van der Waals surface area contributed by atoms with Crippen LogP contribution in [0.15, 0.2) is 36.4 Å². The Morgan fingerprint density at radius 3 is 2.62 bits per heavy atom. The number of amides is 1. The predicted octanol–water partition coefficient (Wildman–Crippen LogP) is 2.34. The number of hydrogen-bond donors (Lipinski definition) is 1. The second-order valence-corrected chi connectivity index (χ2v) is 5.32. The van der Waals surface area contributed by atoms with Gasteiger partial charge in [-0.15, -0.1) is 11.3 Å². The van der Waals surface area contributed by atoms with E-state index in [1.165, 1.54) is 11.3 Å². The van der Waals surface area contributed by atoms with Crippen LogP contribution >= 0.6 is 11.3 Å². The summed E-state index contributed by atoms with van der Waals surface area (Å²) in [6.07, 6.45) is 0. The summed E-state index contributed by atoms with van der Waals surface area (Å²) in [4.78, 5) is 15.5. The third-order valence-electron chi connectivity index (χ3n) is 2.89. The molecule has 0 saturated carbocycles. The van der Waals surface area contributed by atoms with Gasteiger partial charge in [0.1, 0.15) is 5.75 Å². The molecule has 0 spiro atoms. The molecule has 0 aliphatic carbocycles. The molecule has 108 valence electrons. The van der Waals surface area contributed by atoms with E-state index in [0.717, 1.165) is 16.3 Å². The summed E-state index contributed by atoms with van der Waals surface area (Å²) in [5.74, 6) is 6.40. The molecule has 4 nitrogen and oxygen atoms in total. The molecule has 2 aromatic rings. The van der Waals surface area contributed by atoms with Crippen molar-refractivity contribution in [1.29, 1.82) is 0 Å². The molecule has 0 atom stereocenters. The minimum absolute atomic E-state index is 0.0639. The third kappa shape index (κ3) is 3.63. The predicted molar refractivity (Wildman–Crippen MR) is 86.0 cm³/mol. The zero-order valence-corrected chi connectivity index (χ0v) is 12.7. The third-order valence-corrected chi connectivity index (χ3v) is 3.88. The van der Waals surface area contributed by atoms with Crippen LogP contribution in [0.2, 0.25) is 0 Å². The Labute approximate surface area is 128 Å². The Morgan fingerprint density at radius 2 is 2.00 bits per heavy atom. The second kappa shape index (κ2) is 6.93. The zero-order valence-electron chi connectivity index (χ0n) is 11.9. The Hall–Kier alpha value is -2.29. The molecule has 1 aromatic heterocycles. The number of hydrogen-bond acceptors (Lipinski definition) is 4. The average molecular weight is 300 g/mol. The van der Waals surface area contributed by atoms with Crippen LogP contribution < -0.4 is 15.4 Å². The molecular formula is C16H16N2O2S. The van der Waals surface area contributed by atoms with Crippen molar-refractivity contribution in [3.63, 3.8) is 0 Å². The molecule has 5 heteroatoms. The fourth-order valence-electron chi connectivity index (χ4n) is 1.75. The van der Waals surface area contributed by atoms with Crippen LogP contribution in [0.25, 0.3) is 0 Å². The Kier molecular flexibility index (Phi) is 4.99. The average Bonchev–Trinajstić information content (AvgIpc) is 3.00. The van der Waals surface area contributed by atoms with Crippen molar-refractivity contribution in [3.05, 3.63) is 46.2 Å². The Morgan fingerprint density at radius 1 is 1.29 bits per heavy atom. The van der Waals surface area contributed by atoms with Gasteiger partial charge in [0.2, 0.25) is 0 Å². The van der Waals surface area contributed by atoms with Gasteiger partial charge in [0.25, 0.3) is 5.91 Å². The molecule has 1 heterocycles. The molecule has 0 aliphatic rings. The molecular weight excluding hydrogens is 284 g/mol. The van der Waals surface area contributed by atoms with E-state index >= 15 is 0 Å². The SMILES string of the molecule is COc1ccc(N(C)C(=O)c2ccc(C#CCN)s2)cc1. The molecule has 2 rings (SSSR count). The minimum Gasteiger partial charge on any atom is -0.497 e. The van der Waals surface area contributed by atoms with Gasteiger partial charge >= 0.3 is 0 Å². The van der Waals surface area contributed by atoms with Crippen LogP contribution in [0.5, 0.6) is 5.75 Å². The smallest absolute Gasteiger partial charge is 0.268 e. The lowest BCUT2D eigenvalue weighted by Crippen LogP contribution is -2.25. The van der Waals surface area contributed by atoms with E-state index in [-0.39, 0.29) is 5.91 Å². The van der Waals surface area contributed by atoms with E-state index in [1.54, 1.807) is 25.1 Å². The van der Waals surface area contributed by atoms with Crippen LogP contribution in [0, 0.1) is 11.8 Å². The number of nitrogens with zero attached hydrogens (tertiary/aromatic N) is 1. The summed E-state index contributed by atoms with van der Waals surface area (Å²) in [7, 11) is 3.36. The van der Waals surface area contributed by atoms with Gasteiger partial charge in [-0.25, -0.2) is 0 Å². The Balaban J connectivity index is 2.16. The first-order valence-electron chi connectivity index (χ1n) is 6.36. The molecule has 1 amide bonds. The van der Waals surface area contributed by atoms with E-state index in [9.17, 15) is 4.79 Å². The molecule has 0 aliphatic heterocycles. The maximum atomic E-state index is 12.4. The molecule has 0 unspecified atom stereocenters. The van der Waals surface area contributed by atoms with Crippen molar-refractivity contribution in [2.24, 2.45) is 5.73 Å². The zero-order chi connectivity index (χ0) is 15.2.